The SMILES string of the molecule is O=C(Nc1cnn(CC2CC2)c1)c1cccc(I)c1. The summed E-state index contributed by atoms with van der Waals surface area (Å²) in [5.41, 5.74) is 1.42. The summed E-state index contributed by atoms with van der Waals surface area (Å²) in [7, 11) is 0. The predicted octanol–water partition coefficient (Wildman–Crippen LogP) is 3.15. The summed E-state index contributed by atoms with van der Waals surface area (Å²) in [6.07, 6.45) is 6.19. The quantitative estimate of drug-likeness (QED) is 0.844. The Bertz CT molecular complexity index is 604. The fourth-order valence-electron chi connectivity index (χ4n) is 1.93. The normalized spacial score (nSPS) is 14.4. The molecular formula is C14H14IN3O. The first kappa shape index (κ1) is 12.7. The molecule has 4 nitrogen and oxygen atoms in total. The van der Waals surface area contributed by atoms with Crippen LogP contribution in [0.1, 0.15) is 23.2 Å². The molecule has 2 aromatic rings. The van der Waals surface area contributed by atoms with Crippen molar-refractivity contribution < 1.29 is 4.79 Å². The largest absolute Gasteiger partial charge is 0.319 e. The Hall–Kier alpha value is -1.37. The summed E-state index contributed by atoms with van der Waals surface area (Å²) < 4.78 is 2.96. The zero-order valence-corrected chi connectivity index (χ0v) is 12.5. The lowest BCUT2D eigenvalue weighted by atomic mass is 10.2. The van der Waals surface area contributed by atoms with E-state index in [2.05, 4.69) is 33.0 Å². The zero-order chi connectivity index (χ0) is 13.2. The number of aromatic nitrogens is 2. The summed E-state index contributed by atoms with van der Waals surface area (Å²) >= 11 is 2.20. The second kappa shape index (κ2) is 5.32. The van der Waals surface area contributed by atoms with Crippen molar-refractivity contribution in [1.82, 2.24) is 9.78 Å². The first-order chi connectivity index (χ1) is 9.20. The third kappa shape index (κ3) is 3.34. The average molecular weight is 367 g/mol. The van der Waals surface area contributed by atoms with Crippen LogP contribution in [-0.2, 0) is 6.54 Å². The number of hydrogen-bond acceptors (Lipinski definition) is 2. The molecule has 1 aromatic carbocycles. The van der Waals surface area contributed by atoms with Crippen molar-refractivity contribution in [2.75, 3.05) is 5.32 Å². The minimum absolute atomic E-state index is 0.0931. The van der Waals surface area contributed by atoms with Gasteiger partial charge in [0.25, 0.3) is 5.91 Å². The molecule has 0 unspecified atom stereocenters. The molecule has 98 valence electrons. The average Bonchev–Trinajstić information content (AvgIpc) is 3.09. The molecule has 0 radical (unpaired) electrons. The standard InChI is InChI=1S/C14H14IN3O/c15-12-3-1-2-11(6-12)14(19)17-13-7-16-18(9-13)8-10-4-5-10/h1-3,6-7,9-10H,4-5,8H2,(H,17,19). The molecule has 0 atom stereocenters. The van der Waals surface area contributed by atoms with Gasteiger partial charge in [0, 0.05) is 21.9 Å². The van der Waals surface area contributed by atoms with Crippen molar-refractivity contribution in [1.29, 1.82) is 0 Å². The van der Waals surface area contributed by atoms with Crippen LogP contribution in [0.15, 0.2) is 36.7 Å². The molecule has 1 saturated carbocycles. The van der Waals surface area contributed by atoms with Gasteiger partial charge in [-0.25, -0.2) is 0 Å². The van der Waals surface area contributed by atoms with Crippen LogP contribution in [0.25, 0.3) is 0 Å². The van der Waals surface area contributed by atoms with Crippen molar-refractivity contribution in [2.24, 2.45) is 5.92 Å². The molecular weight excluding hydrogens is 353 g/mol. The van der Waals surface area contributed by atoms with Crippen LogP contribution in [-0.4, -0.2) is 15.7 Å². The Morgan fingerprint density at radius 1 is 1.47 bits per heavy atom. The van der Waals surface area contributed by atoms with Gasteiger partial charge in [-0.2, -0.15) is 5.10 Å². The highest BCUT2D eigenvalue weighted by atomic mass is 127. The van der Waals surface area contributed by atoms with Gasteiger partial charge in [0.05, 0.1) is 11.9 Å². The van der Waals surface area contributed by atoms with Gasteiger partial charge in [0.1, 0.15) is 0 Å². The van der Waals surface area contributed by atoms with Gasteiger partial charge in [0.15, 0.2) is 0 Å². The maximum Gasteiger partial charge on any atom is 0.255 e. The number of anilines is 1. The van der Waals surface area contributed by atoms with Gasteiger partial charge < -0.3 is 5.32 Å². The second-order valence-corrected chi connectivity index (χ2v) is 6.10. The molecule has 3 rings (SSSR count). The van der Waals surface area contributed by atoms with Crippen LogP contribution < -0.4 is 5.32 Å². The maximum absolute atomic E-state index is 12.1. The first-order valence-electron chi connectivity index (χ1n) is 6.30. The fourth-order valence-corrected chi connectivity index (χ4v) is 2.47. The lowest BCUT2D eigenvalue weighted by Crippen LogP contribution is -2.11. The monoisotopic (exact) mass is 367 g/mol. The second-order valence-electron chi connectivity index (χ2n) is 4.86. The molecule has 1 fully saturated rings. The minimum Gasteiger partial charge on any atom is -0.319 e. The molecule has 0 aliphatic heterocycles. The molecule has 1 aliphatic rings. The van der Waals surface area contributed by atoms with E-state index in [1.165, 1.54) is 12.8 Å². The van der Waals surface area contributed by atoms with E-state index in [9.17, 15) is 4.79 Å². The fraction of sp³-hybridized carbons (Fsp3) is 0.286. The Balaban J connectivity index is 1.66. The minimum atomic E-state index is -0.0931. The maximum atomic E-state index is 12.1. The van der Waals surface area contributed by atoms with E-state index in [1.54, 1.807) is 6.20 Å². The van der Waals surface area contributed by atoms with Crippen molar-refractivity contribution in [3.63, 3.8) is 0 Å². The number of benzene rings is 1. The number of halogens is 1. The predicted molar refractivity (Wildman–Crippen MR) is 82.1 cm³/mol. The number of nitrogens with one attached hydrogen (secondary N) is 1. The summed E-state index contributed by atoms with van der Waals surface area (Å²) in [6, 6.07) is 7.52. The van der Waals surface area contributed by atoms with Gasteiger partial charge in [-0.15, -0.1) is 0 Å². The van der Waals surface area contributed by atoms with Crippen LogP contribution in [0.2, 0.25) is 0 Å². The lowest BCUT2D eigenvalue weighted by Gasteiger charge is -2.02. The molecule has 0 saturated heterocycles. The van der Waals surface area contributed by atoms with Crippen LogP contribution in [0.5, 0.6) is 0 Å². The molecule has 0 bridgehead atoms. The number of amides is 1. The highest BCUT2D eigenvalue weighted by Gasteiger charge is 2.22. The number of carbonyl (C=O) groups excluding carboxylic acids is 1. The zero-order valence-electron chi connectivity index (χ0n) is 10.3. The summed E-state index contributed by atoms with van der Waals surface area (Å²) in [5.74, 6) is 0.684. The van der Waals surface area contributed by atoms with Gasteiger partial charge in [-0.05, 0) is 59.5 Å². The van der Waals surface area contributed by atoms with Crippen LogP contribution >= 0.6 is 22.6 Å². The Morgan fingerprint density at radius 2 is 2.32 bits per heavy atom. The van der Waals surface area contributed by atoms with Gasteiger partial charge in [0.2, 0.25) is 0 Å². The molecule has 1 N–H and O–H groups in total. The van der Waals surface area contributed by atoms with Crippen molar-refractivity contribution in [2.45, 2.75) is 19.4 Å². The Kier molecular flexibility index (Phi) is 3.54. The Morgan fingerprint density at radius 3 is 3.05 bits per heavy atom. The van der Waals surface area contributed by atoms with E-state index in [0.717, 1.165) is 21.7 Å². The molecule has 5 heteroatoms. The molecule has 1 amide bonds. The highest BCUT2D eigenvalue weighted by Crippen LogP contribution is 2.30. The smallest absolute Gasteiger partial charge is 0.255 e. The topological polar surface area (TPSA) is 46.9 Å². The number of rotatable bonds is 4. The molecule has 0 spiro atoms. The third-order valence-electron chi connectivity index (χ3n) is 3.12. The molecule has 1 heterocycles. The molecule has 1 aliphatic carbocycles. The van der Waals surface area contributed by atoms with E-state index in [-0.39, 0.29) is 5.91 Å². The van der Waals surface area contributed by atoms with Crippen molar-refractivity contribution >= 4 is 34.2 Å². The first-order valence-corrected chi connectivity index (χ1v) is 7.38. The highest BCUT2D eigenvalue weighted by molar-refractivity contribution is 14.1. The Labute approximate surface area is 125 Å². The van der Waals surface area contributed by atoms with Gasteiger partial charge >= 0.3 is 0 Å². The van der Waals surface area contributed by atoms with E-state index in [1.807, 2.05) is 35.1 Å². The van der Waals surface area contributed by atoms with E-state index in [4.69, 9.17) is 0 Å². The summed E-state index contributed by atoms with van der Waals surface area (Å²) in [5, 5.41) is 7.13. The number of hydrogen-bond donors (Lipinski definition) is 1. The number of carbonyl (C=O) groups is 1. The third-order valence-corrected chi connectivity index (χ3v) is 3.79. The van der Waals surface area contributed by atoms with Crippen LogP contribution in [0.4, 0.5) is 5.69 Å². The van der Waals surface area contributed by atoms with Gasteiger partial charge in [-0.1, -0.05) is 6.07 Å². The van der Waals surface area contributed by atoms with E-state index in [0.29, 0.717) is 5.56 Å². The molecule has 1 aromatic heterocycles. The van der Waals surface area contributed by atoms with Gasteiger partial charge in [-0.3, -0.25) is 9.48 Å². The summed E-state index contributed by atoms with van der Waals surface area (Å²) in [4.78, 5) is 12.1. The van der Waals surface area contributed by atoms with Crippen LogP contribution in [0.3, 0.4) is 0 Å². The van der Waals surface area contributed by atoms with Crippen molar-refractivity contribution in [3.8, 4) is 0 Å². The number of nitrogens with zero attached hydrogens (tertiary/aromatic N) is 2. The summed E-state index contributed by atoms with van der Waals surface area (Å²) in [6.45, 7) is 0.957. The van der Waals surface area contributed by atoms with Crippen LogP contribution in [0, 0.1) is 9.49 Å². The van der Waals surface area contributed by atoms with Crippen molar-refractivity contribution in [3.05, 3.63) is 45.8 Å². The lowest BCUT2D eigenvalue weighted by molar-refractivity contribution is 0.102. The van der Waals surface area contributed by atoms with E-state index < -0.39 is 0 Å². The van der Waals surface area contributed by atoms with E-state index >= 15 is 0 Å². The molecule has 19 heavy (non-hydrogen) atoms.